The number of hydrogen-bond donors (Lipinski definition) is 0. The fourth-order valence-corrected chi connectivity index (χ4v) is 3.12. The highest BCUT2D eigenvalue weighted by molar-refractivity contribution is 5.18. The molecule has 24 heavy (non-hydrogen) atoms. The van der Waals surface area contributed by atoms with Gasteiger partial charge in [0.15, 0.2) is 0 Å². The van der Waals surface area contributed by atoms with Gasteiger partial charge in [0.1, 0.15) is 6.10 Å². The summed E-state index contributed by atoms with van der Waals surface area (Å²) in [6.45, 7) is 2.83. The molecule has 0 saturated carbocycles. The van der Waals surface area contributed by atoms with Gasteiger partial charge in [0, 0.05) is 37.8 Å². The quantitative estimate of drug-likeness (QED) is 0.737. The summed E-state index contributed by atoms with van der Waals surface area (Å²) in [7, 11) is 0. The maximum Gasteiger partial charge on any atom is 0.250 e. The van der Waals surface area contributed by atoms with Gasteiger partial charge in [0.25, 0.3) is 5.95 Å². The molecule has 0 spiro atoms. The van der Waals surface area contributed by atoms with Crippen LogP contribution >= 0.6 is 0 Å². The SMILES string of the molecule is CCc1ccn(C2CCOC(c3ccnn3-c3ncccn3)C2)n1. The Morgan fingerprint density at radius 3 is 2.88 bits per heavy atom. The zero-order valence-electron chi connectivity index (χ0n) is 13.6. The van der Waals surface area contributed by atoms with Gasteiger partial charge < -0.3 is 4.74 Å². The van der Waals surface area contributed by atoms with Crippen molar-refractivity contribution >= 4 is 0 Å². The van der Waals surface area contributed by atoms with E-state index in [9.17, 15) is 0 Å². The predicted molar refractivity (Wildman–Crippen MR) is 87.7 cm³/mol. The van der Waals surface area contributed by atoms with Crippen LogP contribution in [0.5, 0.6) is 0 Å². The van der Waals surface area contributed by atoms with Gasteiger partial charge in [0.05, 0.1) is 17.4 Å². The largest absolute Gasteiger partial charge is 0.372 e. The second kappa shape index (κ2) is 6.52. The van der Waals surface area contributed by atoms with Gasteiger partial charge in [-0.15, -0.1) is 0 Å². The fourth-order valence-electron chi connectivity index (χ4n) is 3.12. The third-order valence-corrected chi connectivity index (χ3v) is 4.40. The second-order valence-electron chi connectivity index (χ2n) is 5.89. The van der Waals surface area contributed by atoms with Crippen molar-refractivity contribution in [3.8, 4) is 5.95 Å². The number of aromatic nitrogens is 6. The molecule has 7 heteroatoms. The molecule has 4 heterocycles. The molecule has 0 amide bonds. The number of ether oxygens (including phenoxy) is 1. The average molecular weight is 324 g/mol. The lowest BCUT2D eigenvalue weighted by Gasteiger charge is -2.29. The van der Waals surface area contributed by atoms with Crippen LogP contribution < -0.4 is 0 Å². The van der Waals surface area contributed by atoms with Crippen LogP contribution in [0.2, 0.25) is 0 Å². The van der Waals surface area contributed by atoms with Gasteiger partial charge in [-0.2, -0.15) is 10.2 Å². The van der Waals surface area contributed by atoms with E-state index in [1.54, 1.807) is 29.3 Å². The van der Waals surface area contributed by atoms with E-state index in [0.29, 0.717) is 18.6 Å². The zero-order chi connectivity index (χ0) is 16.4. The van der Waals surface area contributed by atoms with Gasteiger partial charge in [-0.05, 0) is 31.0 Å². The van der Waals surface area contributed by atoms with E-state index in [1.807, 2.05) is 6.07 Å². The molecule has 1 fully saturated rings. The second-order valence-corrected chi connectivity index (χ2v) is 5.89. The van der Waals surface area contributed by atoms with E-state index >= 15 is 0 Å². The van der Waals surface area contributed by atoms with Crippen molar-refractivity contribution in [2.24, 2.45) is 0 Å². The first-order valence-electron chi connectivity index (χ1n) is 8.32. The third kappa shape index (κ3) is 2.82. The molecule has 4 rings (SSSR count). The summed E-state index contributed by atoms with van der Waals surface area (Å²) in [5.41, 5.74) is 2.11. The van der Waals surface area contributed by atoms with Gasteiger partial charge in [-0.3, -0.25) is 4.68 Å². The average Bonchev–Trinajstić information content (AvgIpc) is 3.32. The standard InChI is InChI=1S/C17H20N6O/c1-2-13-5-10-22(21-13)14-6-11-24-16(12-14)15-4-9-20-23(15)17-18-7-3-8-19-17/h3-5,7-10,14,16H,2,6,11-12H2,1H3. The van der Waals surface area contributed by atoms with Gasteiger partial charge in [-0.1, -0.05) is 6.92 Å². The molecule has 1 saturated heterocycles. The Balaban J connectivity index is 1.58. The molecule has 124 valence electrons. The highest BCUT2D eigenvalue weighted by atomic mass is 16.5. The molecular weight excluding hydrogens is 304 g/mol. The smallest absolute Gasteiger partial charge is 0.250 e. The molecule has 3 aromatic heterocycles. The van der Waals surface area contributed by atoms with Crippen LogP contribution in [-0.2, 0) is 11.2 Å². The summed E-state index contributed by atoms with van der Waals surface area (Å²) in [6.07, 6.45) is 10.0. The minimum Gasteiger partial charge on any atom is -0.372 e. The normalized spacial score (nSPS) is 21.0. The number of rotatable bonds is 4. The van der Waals surface area contributed by atoms with Crippen molar-refractivity contribution in [1.29, 1.82) is 0 Å². The lowest BCUT2D eigenvalue weighted by Crippen LogP contribution is -2.25. The van der Waals surface area contributed by atoms with Crippen molar-refractivity contribution in [2.45, 2.75) is 38.3 Å². The van der Waals surface area contributed by atoms with Crippen molar-refractivity contribution in [3.63, 3.8) is 0 Å². The van der Waals surface area contributed by atoms with E-state index in [-0.39, 0.29) is 6.10 Å². The van der Waals surface area contributed by atoms with Crippen LogP contribution in [0, 0.1) is 0 Å². The van der Waals surface area contributed by atoms with Crippen molar-refractivity contribution < 1.29 is 4.74 Å². The molecule has 2 unspecified atom stereocenters. The fraction of sp³-hybridized carbons (Fsp3) is 0.412. The van der Waals surface area contributed by atoms with Crippen LogP contribution in [0.3, 0.4) is 0 Å². The highest BCUT2D eigenvalue weighted by Crippen LogP contribution is 2.34. The Morgan fingerprint density at radius 2 is 2.08 bits per heavy atom. The Kier molecular flexibility index (Phi) is 4.08. The maximum atomic E-state index is 6.01. The first kappa shape index (κ1) is 15.0. The summed E-state index contributed by atoms with van der Waals surface area (Å²) in [4.78, 5) is 8.57. The van der Waals surface area contributed by atoms with Crippen LogP contribution in [0.1, 0.15) is 43.3 Å². The maximum absolute atomic E-state index is 6.01. The summed E-state index contributed by atoms with van der Waals surface area (Å²) in [5, 5.41) is 9.03. The first-order valence-corrected chi connectivity index (χ1v) is 8.32. The molecule has 2 atom stereocenters. The molecule has 3 aromatic rings. The third-order valence-electron chi connectivity index (χ3n) is 4.40. The Bertz CT molecular complexity index is 796. The summed E-state index contributed by atoms with van der Waals surface area (Å²) in [6, 6.07) is 6.20. The highest BCUT2D eigenvalue weighted by Gasteiger charge is 2.28. The van der Waals surface area contributed by atoms with Crippen molar-refractivity contribution in [1.82, 2.24) is 29.5 Å². The molecule has 7 nitrogen and oxygen atoms in total. The lowest BCUT2D eigenvalue weighted by molar-refractivity contribution is -0.0131. The van der Waals surface area contributed by atoms with Crippen LogP contribution in [-0.4, -0.2) is 36.1 Å². The van der Waals surface area contributed by atoms with E-state index < -0.39 is 0 Å². The number of aryl methyl sites for hydroxylation is 1. The van der Waals surface area contributed by atoms with Crippen LogP contribution in [0.25, 0.3) is 5.95 Å². The topological polar surface area (TPSA) is 70.7 Å². The molecular formula is C17H20N6O. The minimum atomic E-state index is -0.0377. The summed E-state index contributed by atoms with van der Waals surface area (Å²) >= 11 is 0. The predicted octanol–water partition coefficient (Wildman–Crippen LogP) is 2.51. The molecule has 1 aliphatic heterocycles. The van der Waals surface area contributed by atoms with E-state index in [4.69, 9.17) is 4.74 Å². The molecule has 0 N–H and O–H groups in total. The Hall–Kier alpha value is -2.54. The molecule has 1 aliphatic rings. The molecule has 0 radical (unpaired) electrons. The van der Waals surface area contributed by atoms with Crippen LogP contribution in [0.4, 0.5) is 0 Å². The molecule has 0 bridgehead atoms. The van der Waals surface area contributed by atoms with E-state index in [2.05, 4.69) is 44.0 Å². The van der Waals surface area contributed by atoms with Crippen molar-refractivity contribution in [2.75, 3.05) is 6.61 Å². The van der Waals surface area contributed by atoms with Gasteiger partial charge in [-0.25, -0.2) is 14.6 Å². The Labute approximate surface area is 140 Å². The van der Waals surface area contributed by atoms with E-state index in [1.165, 1.54) is 0 Å². The van der Waals surface area contributed by atoms with E-state index in [0.717, 1.165) is 30.7 Å². The minimum absolute atomic E-state index is 0.0377. The number of nitrogens with zero attached hydrogens (tertiary/aromatic N) is 6. The van der Waals surface area contributed by atoms with Crippen LogP contribution in [0.15, 0.2) is 43.0 Å². The van der Waals surface area contributed by atoms with Crippen molar-refractivity contribution in [3.05, 3.63) is 54.4 Å². The first-order chi connectivity index (χ1) is 11.8. The zero-order valence-corrected chi connectivity index (χ0v) is 13.6. The summed E-state index contributed by atoms with van der Waals surface area (Å²) < 4.78 is 9.85. The van der Waals surface area contributed by atoms with Gasteiger partial charge >= 0.3 is 0 Å². The Morgan fingerprint density at radius 1 is 1.21 bits per heavy atom. The monoisotopic (exact) mass is 324 g/mol. The lowest BCUT2D eigenvalue weighted by atomic mass is 10.0. The van der Waals surface area contributed by atoms with Gasteiger partial charge in [0.2, 0.25) is 0 Å². The number of hydrogen-bond acceptors (Lipinski definition) is 5. The summed E-state index contributed by atoms with van der Waals surface area (Å²) in [5.74, 6) is 0.565. The molecule has 0 aliphatic carbocycles. The molecule has 0 aromatic carbocycles.